The molecule has 0 aliphatic rings. The smallest absolute Gasteiger partial charge is 0.187 e. The van der Waals surface area contributed by atoms with Gasteiger partial charge in [-0.25, -0.2) is 14.4 Å². The highest BCUT2D eigenvalue weighted by atomic mass is 32.2. The molecule has 38 heavy (non-hydrogen) atoms. The fourth-order valence-corrected chi connectivity index (χ4v) is 5.12. The summed E-state index contributed by atoms with van der Waals surface area (Å²) < 4.78 is 19.4. The number of nitriles is 2. The third-order valence-corrected chi connectivity index (χ3v) is 7.05. The number of thiazole rings is 1. The van der Waals surface area contributed by atoms with Crippen molar-refractivity contribution in [3.05, 3.63) is 76.5 Å². The number of pyridine rings is 1. The number of benzene rings is 2. The molecule has 0 radical (unpaired) electrons. The summed E-state index contributed by atoms with van der Waals surface area (Å²) in [7, 11) is 0. The van der Waals surface area contributed by atoms with Gasteiger partial charge in [0.15, 0.2) is 5.13 Å². The Bertz CT molecular complexity index is 1520. The number of thioether (sulfide) groups is 1. The number of nitrogen functional groups attached to an aromatic ring is 1. The molecule has 0 bridgehead atoms. The third-order valence-electron chi connectivity index (χ3n) is 5.24. The van der Waals surface area contributed by atoms with Crippen molar-refractivity contribution in [2.45, 2.75) is 16.9 Å². The molecule has 0 saturated carbocycles. The molecule has 2 aromatic carbocycles. The predicted octanol–water partition coefficient (Wildman–Crippen LogP) is 4.44. The van der Waals surface area contributed by atoms with E-state index in [0.29, 0.717) is 44.2 Å². The number of nitrogens with zero attached hydrogens (tertiary/aromatic N) is 4. The quantitative estimate of drug-likeness (QED) is 0.209. The Balaban J connectivity index is 1.56. The van der Waals surface area contributed by atoms with Crippen molar-refractivity contribution in [3.63, 3.8) is 0 Å². The molecular weight excluding hydrogens is 527 g/mol. The summed E-state index contributed by atoms with van der Waals surface area (Å²) in [6.07, 6.45) is -1.01. The van der Waals surface area contributed by atoms with Crippen LogP contribution in [-0.2, 0) is 5.75 Å². The summed E-state index contributed by atoms with van der Waals surface area (Å²) in [6, 6.07) is 17.1. The second-order valence-corrected chi connectivity index (χ2v) is 9.68. The van der Waals surface area contributed by atoms with E-state index in [-0.39, 0.29) is 29.4 Å². The molecule has 0 fully saturated rings. The topological polar surface area (TPSA) is 161 Å². The second-order valence-electron chi connectivity index (χ2n) is 7.86. The molecule has 1 atom stereocenters. The monoisotopic (exact) mass is 548 g/mol. The minimum absolute atomic E-state index is 0.00409. The number of halogens is 1. The van der Waals surface area contributed by atoms with Crippen molar-refractivity contribution >= 4 is 39.7 Å². The Morgan fingerprint density at radius 3 is 2.53 bits per heavy atom. The van der Waals surface area contributed by atoms with Crippen molar-refractivity contribution in [1.82, 2.24) is 9.97 Å². The maximum atomic E-state index is 13.9. The summed E-state index contributed by atoms with van der Waals surface area (Å²) >= 11 is 2.57. The maximum absolute atomic E-state index is 13.9. The molecule has 9 nitrogen and oxygen atoms in total. The lowest BCUT2D eigenvalue weighted by Crippen LogP contribution is -2.21. The van der Waals surface area contributed by atoms with Crippen molar-refractivity contribution < 1.29 is 19.3 Å². The number of ether oxygens (including phenoxy) is 1. The Kier molecular flexibility index (Phi) is 8.73. The van der Waals surface area contributed by atoms with Crippen LogP contribution >= 0.6 is 23.1 Å². The molecule has 4 aromatic rings. The van der Waals surface area contributed by atoms with E-state index in [0.717, 1.165) is 0 Å². The standard InChI is InChI=1S/C26H21FN6O3S2/c27-21-3-1-2-4-22(21)32-26-31-16(14-38-26)13-37-25-20(10-29)23(19(9-28)24(30)33-25)15-5-7-18(8-6-15)36-12-17(35)11-34/h1-8,14,17,34-35H,11-13H2,(H2,30,33)(H,31,32)/t17-/m1/s1. The van der Waals surface area contributed by atoms with Crippen LogP contribution in [-0.4, -0.2) is 39.5 Å². The largest absolute Gasteiger partial charge is 0.491 e. The van der Waals surface area contributed by atoms with Crippen LogP contribution < -0.4 is 15.8 Å². The number of rotatable bonds is 10. The van der Waals surface area contributed by atoms with Crippen LogP contribution in [0.1, 0.15) is 16.8 Å². The average Bonchev–Trinajstić information content (AvgIpc) is 3.39. The first-order valence-electron chi connectivity index (χ1n) is 11.2. The van der Waals surface area contributed by atoms with Crippen LogP contribution in [0.2, 0.25) is 0 Å². The highest BCUT2D eigenvalue weighted by Crippen LogP contribution is 2.37. The summed E-state index contributed by atoms with van der Waals surface area (Å²) in [6.45, 7) is -0.504. The van der Waals surface area contributed by atoms with E-state index in [9.17, 15) is 20.0 Å². The van der Waals surface area contributed by atoms with Gasteiger partial charge in [0.2, 0.25) is 0 Å². The molecule has 12 heteroatoms. The number of anilines is 3. The first-order chi connectivity index (χ1) is 18.4. The fourth-order valence-electron chi connectivity index (χ4n) is 3.40. The Labute approximate surface area is 226 Å². The van der Waals surface area contributed by atoms with Gasteiger partial charge in [0.05, 0.1) is 23.6 Å². The number of aliphatic hydroxyl groups is 2. The van der Waals surface area contributed by atoms with Gasteiger partial charge < -0.3 is 26.0 Å². The molecule has 0 amide bonds. The van der Waals surface area contributed by atoms with Crippen LogP contribution in [0.4, 0.5) is 21.0 Å². The Morgan fingerprint density at radius 1 is 1.11 bits per heavy atom. The van der Waals surface area contributed by atoms with E-state index >= 15 is 0 Å². The van der Waals surface area contributed by atoms with E-state index in [1.807, 2.05) is 11.4 Å². The Morgan fingerprint density at radius 2 is 1.84 bits per heavy atom. The van der Waals surface area contributed by atoms with Crippen molar-refractivity contribution in [2.75, 3.05) is 24.3 Å². The lowest BCUT2D eigenvalue weighted by Gasteiger charge is -2.14. The minimum atomic E-state index is -1.01. The number of para-hydroxylation sites is 1. The Hall–Kier alpha value is -4.20. The lowest BCUT2D eigenvalue weighted by molar-refractivity contribution is 0.0536. The van der Waals surface area contributed by atoms with Gasteiger partial charge in [0.1, 0.15) is 52.8 Å². The van der Waals surface area contributed by atoms with Gasteiger partial charge in [-0.1, -0.05) is 36.0 Å². The first-order valence-corrected chi connectivity index (χ1v) is 13.0. The highest BCUT2D eigenvalue weighted by Gasteiger charge is 2.21. The fraction of sp³-hybridized carbons (Fsp3) is 0.154. The zero-order chi connectivity index (χ0) is 27.1. The molecule has 192 valence electrons. The molecule has 2 aromatic heterocycles. The van der Waals surface area contributed by atoms with Crippen molar-refractivity contribution in [3.8, 4) is 29.0 Å². The number of aromatic nitrogens is 2. The van der Waals surface area contributed by atoms with Crippen molar-refractivity contribution in [1.29, 1.82) is 10.5 Å². The summed E-state index contributed by atoms with van der Waals surface area (Å²) in [4.78, 5) is 8.79. The second kappa shape index (κ2) is 12.4. The van der Waals surface area contributed by atoms with Gasteiger partial charge in [0, 0.05) is 16.7 Å². The first kappa shape index (κ1) is 26.9. The molecule has 2 heterocycles. The zero-order valence-corrected chi connectivity index (χ0v) is 21.4. The van der Waals surface area contributed by atoms with E-state index < -0.39 is 12.7 Å². The number of nitrogens with one attached hydrogen (secondary N) is 1. The zero-order valence-electron chi connectivity index (χ0n) is 19.8. The van der Waals surface area contributed by atoms with Crippen molar-refractivity contribution in [2.24, 2.45) is 0 Å². The molecule has 5 N–H and O–H groups in total. The molecule has 0 unspecified atom stereocenters. The van der Waals surface area contributed by atoms with E-state index in [1.165, 1.54) is 29.2 Å². The van der Waals surface area contributed by atoms with Gasteiger partial charge in [0.25, 0.3) is 0 Å². The van der Waals surface area contributed by atoms with E-state index in [4.69, 9.17) is 15.6 Å². The molecule has 0 spiro atoms. The van der Waals surface area contributed by atoms with Gasteiger partial charge in [-0.05, 0) is 29.8 Å². The highest BCUT2D eigenvalue weighted by molar-refractivity contribution is 7.98. The molecular formula is C26H21FN6O3S2. The molecule has 0 aliphatic heterocycles. The van der Waals surface area contributed by atoms with Crippen LogP contribution in [0.15, 0.2) is 58.9 Å². The maximum Gasteiger partial charge on any atom is 0.187 e. The summed E-state index contributed by atoms with van der Waals surface area (Å²) in [5, 5.41) is 43.8. The average molecular weight is 549 g/mol. The number of aliphatic hydroxyl groups excluding tert-OH is 2. The number of hydrogen-bond donors (Lipinski definition) is 4. The number of hydrogen-bond acceptors (Lipinski definition) is 11. The molecule has 4 rings (SSSR count). The van der Waals surface area contributed by atoms with Gasteiger partial charge in [-0.3, -0.25) is 0 Å². The molecule has 0 saturated heterocycles. The molecule has 0 aliphatic carbocycles. The summed E-state index contributed by atoms with van der Waals surface area (Å²) in [5.74, 6) is 0.417. The third kappa shape index (κ3) is 6.19. The van der Waals surface area contributed by atoms with Gasteiger partial charge in [-0.2, -0.15) is 10.5 Å². The lowest BCUT2D eigenvalue weighted by atomic mass is 9.97. The van der Waals surface area contributed by atoms with E-state index in [1.54, 1.807) is 42.5 Å². The van der Waals surface area contributed by atoms with E-state index in [2.05, 4.69) is 21.4 Å². The van der Waals surface area contributed by atoms with Crippen LogP contribution in [0, 0.1) is 28.5 Å². The van der Waals surface area contributed by atoms with Gasteiger partial charge in [-0.15, -0.1) is 11.3 Å². The normalized spacial score (nSPS) is 11.4. The van der Waals surface area contributed by atoms with Crippen LogP contribution in [0.3, 0.4) is 0 Å². The SMILES string of the molecule is N#Cc1c(N)nc(SCc2csc(Nc3ccccc3F)n2)c(C#N)c1-c1ccc(OC[C@H](O)CO)cc1. The number of nitrogens with two attached hydrogens (primary N) is 1. The van der Waals surface area contributed by atoms with Gasteiger partial charge >= 0.3 is 0 Å². The predicted molar refractivity (Wildman–Crippen MR) is 143 cm³/mol. The summed E-state index contributed by atoms with van der Waals surface area (Å²) in [5.41, 5.74) is 8.32. The van der Waals surface area contributed by atoms with Crippen LogP contribution in [0.25, 0.3) is 11.1 Å². The van der Waals surface area contributed by atoms with Crippen LogP contribution in [0.5, 0.6) is 5.75 Å². The minimum Gasteiger partial charge on any atom is -0.491 e.